The summed E-state index contributed by atoms with van der Waals surface area (Å²) in [5.74, 6) is 1.66. The van der Waals surface area contributed by atoms with E-state index in [-0.39, 0.29) is 0 Å². The molecule has 1 unspecified atom stereocenters. The molecule has 1 aromatic heterocycles. The molecule has 2 aliphatic rings. The first kappa shape index (κ1) is 11.4. The lowest BCUT2D eigenvalue weighted by Crippen LogP contribution is -2.33. The first-order chi connectivity index (χ1) is 9.35. The third-order valence-corrected chi connectivity index (χ3v) is 4.74. The number of aromatic amines is 1. The lowest BCUT2D eigenvalue weighted by atomic mass is 9.93. The number of nitrogens with zero attached hydrogens (tertiary/aromatic N) is 1. The lowest BCUT2D eigenvalue weighted by Gasteiger charge is -2.29. The average molecular weight is 256 g/mol. The summed E-state index contributed by atoms with van der Waals surface area (Å²) in [7, 11) is 1.74. The molecule has 2 aromatic rings. The summed E-state index contributed by atoms with van der Waals surface area (Å²) in [4.78, 5) is 6.30. The van der Waals surface area contributed by atoms with Gasteiger partial charge in [-0.05, 0) is 49.6 Å². The molecule has 100 valence electrons. The number of benzene rings is 1. The third kappa shape index (κ3) is 1.76. The highest BCUT2D eigenvalue weighted by Crippen LogP contribution is 2.37. The van der Waals surface area contributed by atoms with Crippen molar-refractivity contribution < 1.29 is 4.74 Å². The van der Waals surface area contributed by atoms with E-state index >= 15 is 0 Å². The van der Waals surface area contributed by atoms with Gasteiger partial charge in [0.05, 0.1) is 7.11 Å². The van der Waals surface area contributed by atoms with Crippen molar-refractivity contribution in [3.63, 3.8) is 0 Å². The molecular weight excluding hydrogens is 236 g/mol. The number of rotatable bonds is 1. The Balaban J connectivity index is 1.88. The molecule has 2 atom stereocenters. The van der Waals surface area contributed by atoms with E-state index in [1.165, 1.54) is 61.1 Å². The van der Waals surface area contributed by atoms with Crippen LogP contribution in [0.3, 0.4) is 0 Å². The van der Waals surface area contributed by atoms with Gasteiger partial charge in [-0.15, -0.1) is 0 Å². The maximum atomic E-state index is 5.38. The molecule has 2 bridgehead atoms. The Morgan fingerprint density at radius 2 is 2.26 bits per heavy atom. The minimum absolute atomic E-state index is 0.699. The molecule has 3 heterocycles. The molecular formula is C16H20N2O. The molecule has 1 saturated heterocycles. The Bertz CT molecular complexity index is 616. The number of piperidine rings is 1. The highest BCUT2D eigenvalue weighted by molar-refractivity contribution is 5.86. The second kappa shape index (κ2) is 4.27. The zero-order valence-corrected chi connectivity index (χ0v) is 11.4. The van der Waals surface area contributed by atoms with Crippen molar-refractivity contribution in [2.45, 2.75) is 25.2 Å². The van der Waals surface area contributed by atoms with E-state index in [9.17, 15) is 0 Å². The van der Waals surface area contributed by atoms with Crippen molar-refractivity contribution in [3.05, 3.63) is 29.5 Å². The fourth-order valence-electron chi connectivity index (χ4n) is 3.76. The first-order valence-electron chi connectivity index (χ1n) is 7.26. The van der Waals surface area contributed by atoms with Gasteiger partial charge in [0.1, 0.15) is 5.75 Å². The number of ether oxygens (including phenoxy) is 1. The van der Waals surface area contributed by atoms with Crippen LogP contribution in [0.25, 0.3) is 10.9 Å². The van der Waals surface area contributed by atoms with Crippen LogP contribution in [0.4, 0.5) is 0 Å². The number of nitrogens with one attached hydrogen (secondary N) is 1. The van der Waals surface area contributed by atoms with Crippen molar-refractivity contribution in [2.75, 3.05) is 26.7 Å². The SMILES string of the molecule is COc1ccc2[nH]c3c(c2c1)CCN1CCC[C@@H]3C1. The monoisotopic (exact) mass is 256 g/mol. The Kier molecular flexibility index (Phi) is 2.55. The van der Waals surface area contributed by atoms with Gasteiger partial charge in [0.25, 0.3) is 0 Å². The van der Waals surface area contributed by atoms with Crippen LogP contribution in [-0.2, 0) is 6.42 Å². The standard InChI is InChI=1S/C16H20N2O/c1-19-12-4-5-15-14(9-12)13-6-8-18-7-2-3-11(10-18)16(13)17-15/h4-5,9,11,17H,2-3,6-8,10H2,1H3/t11-/m1/s1. The molecule has 0 spiro atoms. The van der Waals surface area contributed by atoms with Crippen LogP contribution >= 0.6 is 0 Å². The predicted octanol–water partition coefficient (Wildman–Crippen LogP) is 2.91. The molecule has 3 heteroatoms. The normalized spacial score (nSPS) is 25.9. The molecule has 1 N–H and O–H groups in total. The average Bonchev–Trinajstić information content (AvgIpc) is 2.77. The van der Waals surface area contributed by atoms with Crippen molar-refractivity contribution >= 4 is 10.9 Å². The molecule has 1 aromatic carbocycles. The zero-order valence-electron chi connectivity index (χ0n) is 11.4. The third-order valence-electron chi connectivity index (χ3n) is 4.74. The smallest absolute Gasteiger partial charge is 0.119 e. The first-order valence-corrected chi connectivity index (χ1v) is 7.26. The number of hydrogen-bond acceptors (Lipinski definition) is 2. The largest absolute Gasteiger partial charge is 0.497 e. The van der Waals surface area contributed by atoms with E-state index in [4.69, 9.17) is 4.74 Å². The van der Waals surface area contributed by atoms with Crippen LogP contribution in [0.1, 0.15) is 30.0 Å². The fourth-order valence-corrected chi connectivity index (χ4v) is 3.76. The van der Waals surface area contributed by atoms with Gasteiger partial charge in [0, 0.05) is 35.6 Å². The van der Waals surface area contributed by atoms with Crippen LogP contribution in [0.15, 0.2) is 18.2 Å². The summed E-state index contributed by atoms with van der Waals surface area (Å²) in [5, 5.41) is 1.36. The summed E-state index contributed by atoms with van der Waals surface area (Å²) in [6, 6.07) is 6.39. The Morgan fingerprint density at radius 1 is 1.32 bits per heavy atom. The van der Waals surface area contributed by atoms with Gasteiger partial charge in [-0.2, -0.15) is 0 Å². The predicted molar refractivity (Wildman–Crippen MR) is 77.0 cm³/mol. The molecule has 4 rings (SSSR count). The fraction of sp³-hybridized carbons (Fsp3) is 0.500. The van der Waals surface area contributed by atoms with Crippen molar-refractivity contribution in [1.82, 2.24) is 9.88 Å². The molecule has 0 aliphatic carbocycles. The zero-order chi connectivity index (χ0) is 12.8. The highest BCUT2D eigenvalue weighted by atomic mass is 16.5. The summed E-state index contributed by atoms with van der Waals surface area (Å²) in [5.41, 5.74) is 4.29. The van der Waals surface area contributed by atoms with Gasteiger partial charge in [-0.25, -0.2) is 0 Å². The highest BCUT2D eigenvalue weighted by Gasteiger charge is 2.28. The van der Waals surface area contributed by atoms with Gasteiger partial charge < -0.3 is 14.6 Å². The van der Waals surface area contributed by atoms with Crippen molar-refractivity contribution in [2.24, 2.45) is 0 Å². The van der Waals surface area contributed by atoms with Gasteiger partial charge in [-0.3, -0.25) is 0 Å². The summed E-state index contributed by atoms with van der Waals surface area (Å²) in [6.07, 6.45) is 3.83. The minimum Gasteiger partial charge on any atom is -0.497 e. The number of aromatic nitrogens is 1. The van der Waals surface area contributed by atoms with Crippen LogP contribution in [0, 0.1) is 0 Å². The van der Waals surface area contributed by atoms with Crippen molar-refractivity contribution in [3.8, 4) is 5.75 Å². The molecule has 0 saturated carbocycles. The van der Waals surface area contributed by atoms with Crippen LogP contribution < -0.4 is 4.74 Å². The van der Waals surface area contributed by atoms with E-state index in [0.29, 0.717) is 5.92 Å². The maximum absolute atomic E-state index is 5.38. The Hall–Kier alpha value is -1.48. The second-order valence-corrected chi connectivity index (χ2v) is 5.82. The van der Waals surface area contributed by atoms with Gasteiger partial charge >= 0.3 is 0 Å². The number of methoxy groups -OCH3 is 1. The quantitative estimate of drug-likeness (QED) is 0.849. The second-order valence-electron chi connectivity index (χ2n) is 5.82. The van der Waals surface area contributed by atoms with E-state index in [1.807, 2.05) is 6.07 Å². The number of fused-ring (bicyclic) bond motifs is 6. The van der Waals surface area contributed by atoms with E-state index < -0.39 is 0 Å². The Labute approximate surface area is 113 Å². The summed E-state index contributed by atoms with van der Waals surface area (Å²) < 4.78 is 5.38. The maximum Gasteiger partial charge on any atom is 0.119 e. The molecule has 3 nitrogen and oxygen atoms in total. The van der Waals surface area contributed by atoms with E-state index in [0.717, 1.165) is 5.75 Å². The van der Waals surface area contributed by atoms with Crippen LogP contribution in [0.5, 0.6) is 5.75 Å². The van der Waals surface area contributed by atoms with E-state index in [1.54, 1.807) is 7.11 Å². The lowest BCUT2D eigenvalue weighted by molar-refractivity contribution is 0.217. The minimum atomic E-state index is 0.699. The van der Waals surface area contributed by atoms with Gasteiger partial charge in [0.2, 0.25) is 0 Å². The molecule has 1 fully saturated rings. The van der Waals surface area contributed by atoms with Gasteiger partial charge in [0.15, 0.2) is 0 Å². The molecule has 19 heavy (non-hydrogen) atoms. The number of hydrogen-bond donors (Lipinski definition) is 1. The molecule has 0 amide bonds. The van der Waals surface area contributed by atoms with Crippen LogP contribution in [-0.4, -0.2) is 36.6 Å². The Morgan fingerprint density at radius 3 is 3.16 bits per heavy atom. The topological polar surface area (TPSA) is 28.3 Å². The molecule has 0 radical (unpaired) electrons. The molecule has 2 aliphatic heterocycles. The van der Waals surface area contributed by atoms with Crippen molar-refractivity contribution in [1.29, 1.82) is 0 Å². The summed E-state index contributed by atoms with van der Waals surface area (Å²) in [6.45, 7) is 3.71. The van der Waals surface area contributed by atoms with Crippen LogP contribution in [0.2, 0.25) is 0 Å². The summed E-state index contributed by atoms with van der Waals surface area (Å²) >= 11 is 0. The van der Waals surface area contributed by atoms with Gasteiger partial charge in [-0.1, -0.05) is 0 Å². The number of H-pyrrole nitrogens is 1. The van der Waals surface area contributed by atoms with E-state index in [2.05, 4.69) is 22.0 Å².